The number of rotatable bonds is 5. The Morgan fingerprint density at radius 2 is 1.88 bits per heavy atom. The van der Waals surface area contributed by atoms with Crippen molar-refractivity contribution in [2.75, 3.05) is 14.2 Å². The molecular weight excluding hydrogens is 328 g/mol. The highest BCUT2D eigenvalue weighted by Crippen LogP contribution is 2.20. The molecule has 0 spiro atoms. The van der Waals surface area contributed by atoms with Crippen LogP contribution in [-0.2, 0) is 9.53 Å². The number of methoxy groups -OCH3 is 1. The molecule has 3 amide bonds. The first kappa shape index (κ1) is 18.0. The summed E-state index contributed by atoms with van der Waals surface area (Å²) in [5.74, 6) is -1.40. The third-order valence-electron chi connectivity index (χ3n) is 3.23. The van der Waals surface area contributed by atoms with Gasteiger partial charge in [0.15, 0.2) is 11.9 Å². The quantitative estimate of drug-likeness (QED) is 0.778. The fraction of sp³-hybridized carbons (Fsp3) is 0.250. The van der Waals surface area contributed by atoms with E-state index in [0.717, 1.165) is 5.69 Å². The van der Waals surface area contributed by atoms with E-state index < -0.39 is 24.0 Å². The highest BCUT2D eigenvalue weighted by molar-refractivity contribution is 5.98. The first-order valence-corrected chi connectivity index (χ1v) is 7.39. The number of carbonyl (C=O) groups excluding carboxylic acids is 3. The van der Waals surface area contributed by atoms with Gasteiger partial charge in [-0.15, -0.1) is 0 Å². The lowest BCUT2D eigenvalue weighted by Gasteiger charge is -2.12. The number of hydrogen-bond donors (Lipinski definition) is 2. The summed E-state index contributed by atoms with van der Waals surface area (Å²) in [7, 11) is 2.76. The monoisotopic (exact) mass is 346 g/mol. The lowest BCUT2D eigenvalue weighted by atomic mass is 10.3. The molecule has 1 aromatic heterocycles. The number of esters is 1. The van der Waals surface area contributed by atoms with Crippen LogP contribution in [0.3, 0.4) is 0 Å². The molecule has 0 aliphatic rings. The van der Waals surface area contributed by atoms with Gasteiger partial charge in [0, 0.05) is 7.05 Å². The Morgan fingerprint density at radius 3 is 2.48 bits per heavy atom. The summed E-state index contributed by atoms with van der Waals surface area (Å²) in [5.41, 5.74) is 0.649. The maximum atomic E-state index is 12.3. The SMILES string of the molecule is CNC(=O)NC(=O)[C@@H](C)OC(=O)c1nn(-c2ccccc2)cc1OC. The molecule has 0 aliphatic carbocycles. The van der Waals surface area contributed by atoms with Crippen molar-refractivity contribution in [3.8, 4) is 11.4 Å². The van der Waals surface area contributed by atoms with Crippen molar-refractivity contribution in [1.29, 1.82) is 0 Å². The number of amides is 3. The molecule has 25 heavy (non-hydrogen) atoms. The Morgan fingerprint density at radius 1 is 1.20 bits per heavy atom. The summed E-state index contributed by atoms with van der Waals surface area (Å²) in [6.07, 6.45) is 0.345. The molecule has 0 aliphatic heterocycles. The molecule has 9 nitrogen and oxygen atoms in total. The summed E-state index contributed by atoms with van der Waals surface area (Å²) in [5, 5.41) is 8.40. The predicted molar refractivity (Wildman–Crippen MR) is 87.6 cm³/mol. The van der Waals surface area contributed by atoms with E-state index in [0.29, 0.717) is 0 Å². The van der Waals surface area contributed by atoms with Crippen molar-refractivity contribution in [3.05, 3.63) is 42.2 Å². The van der Waals surface area contributed by atoms with Gasteiger partial charge in [0.05, 0.1) is 19.0 Å². The standard InChI is InChI=1S/C16H18N4O5/c1-10(14(21)18-16(23)17-2)25-15(22)13-12(24-3)9-20(19-13)11-7-5-4-6-8-11/h4-10H,1-3H3,(H2,17,18,21,23)/t10-/m1/s1. The second-order valence-electron chi connectivity index (χ2n) is 4.94. The van der Waals surface area contributed by atoms with E-state index in [2.05, 4.69) is 10.4 Å². The van der Waals surface area contributed by atoms with Gasteiger partial charge in [0.1, 0.15) is 0 Å². The van der Waals surface area contributed by atoms with E-state index in [1.165, 1.54) is 32.0 Å². The minimum absolute atomic E-state index is 0.0778. The highest BCUT2D eigenvalue weighted by atomic mass is 16.6. The Hall–Kier alpha value is -3.36. The molecule has 0 radical (unpaired) electrons. The van der Waals surface area contributed by atoms with Crippen molar-refractivity contribution < 1.29 is 23.9 Å². The van der Waals surface area contributed by atoms with Crippen LogP contribution in [0.4, 0.5) is 4.79 Å². The molecule has 1 atom stereocenters. The van der Waals surface area contributed by atoms with E-state index in [1.807, 2.05) is 23.5 Å². The third kappa shape index (κ3) is 4.34. The van der Waals surface area contributed by atoms with Gasteiger partial charge in [-0.2, -0.15) is 5.10 Å². The number of aromatic nitrogens is 2. The average Bonchev–Trinajstić information content (AvgIpc) is 3.06. The van der Waals surface area contributed by atoms with Crippen LogP contribution in [0.1, 0.15) is 17.4 Å². The van der Waals surface area contributed by atoms with Crippen molar-refractivity contribution in [3.63, 3.8) is 0 Å². The summed E-state index contributed by atoms with van der Waals surface area (Å²) < 4.78 is 11.7. The number of benzene rings is 1. The van der Waals surface area contributed by atoms with Crippen molar-refractivity contribution >= 4 is 17.9 Å². The number of urea groups is 1. The molecule has 0 saturated carbocycles. The Bertz CT molecular complexity index is 772. The van der Waals surface area contributed by atoms with Crippen molar-refractivity contribution in [2.45, 2.75) is 13.0 Å². The largest absolute Gasteiger partial charge is 0.493 e. The zero-order valence-electron chi connectivity index (χ0n) is 14.0. The van der Waals surface area contributed by atoms with Crippen LogP contribution in [0.5, 0.6) is 5.75 Å². The third-order valence-corrected chi connectivity index (χ3v) is 3.23. The van der Waals surface area contributed by atoms with Crippen LogP contribution in [0.2, 0.25) is 0 Å². The molecule has 2 rings (SSSR count). The van der Waals surface area contributed by atoms with Crippen LogP contribution in [-0.4, -0.2) is 47.9 Å². The van der Waals surface area contributed by atoms with Crippen molar-refractivity contribution in [1.82, 2.24) is 20.4 Å². The van der Waals surface area contributed by atoms with Gasteiger partial charge in [0.2, 0.25) is 5.69 Å². The van der Waals surface area contributed by atoms with Gasteiger partial charge in [-0.25, -0.2) is 14.3 Å². The van der Waals surface area contributed by atoms with E-state index >= 15 is 0 Å². The fourth-order valence-corrected chi connectivity index (χ4v) is 1.91. The average molecular weight is 346 g/mol. The van der Waals surface area contributed by atoms with Crippen LogP contribution in [0.15, 0.2) is 36.5 Å². The van der Waals surface area contributed by atoms with E-state index in [9.17, 15) is 14.4 Å². The Labute approximate surface area is 143 Å². The zero-order valence-corrected chi connectivity index (χ0v) is 14.0. The molecule has 1 heterocycles. The van der Waals surface area contributed by atoms with E-state index in [4.69, 9.17) is 9.47 Å². The molecule has 2 aromatic rings. The number of carbonyl (C=O) groups is 3. The minimum atomic E-state index is -1.18. The van der Waals surface area contributed by atoms with Crippen LogP contribution >= 0.6 is 0 Å². The Balaban J connectivity index is 2.15. The molecule has 0 unspecified atom stereocenters. The van der Waals surface area contributed by atoms with E-state index in [1.54, 1.807) is 12.1 Å². The van der Waals surface area contributed by atoms with Crippen LogP contribution in [0.25, 0.3) is 5.69 Å². The lowest BCUT2D eigenvalue weighted by Crippen LogP contribution is -2.43. The summed E-state index contributed by atoms with van der Waals surface area (Å²) in [4.78, 5) is 35.2. The van der Waals surface area contributed by atoms with Gasteiger partial charge in [0.25, 0.3) is 5.91 Å². The molecule has 0 fully saturated rings. The molecule has 132 valence electrons. The van der Waals surface area contributed by atoms with Crippen molar-refractivity contribution in [2.24, 2.45) is 0 Å². The molecule has 9 heteroatoms. The molecule has 2 N–H and O–H groups in total. The van der Waals surface area contributed by atoms with Crippen LogP contribution < -0.4 is 15.4 Å². The molecule has 1 aromatic carbocycles. The number of imide groups is 1. The number of nitrogens with one attached hydrogen (secondary N) is 2. The second-order valence-corrected chi connectivity index (χ2v) is 4.94. The van der Waals surface area contributed by atoms with Crippen LogP contribution in [0, 0.1) is 0 Å². The Kier molecular flexibility index (Phi) is 5.72. The highest BCUT2D eigenvalue weighted by Gasteiger charge is 2.25. The molecular formula is C16H18N4O5. The number of hydrogen-bond acceptors (Lipinski definition) is 6. The second kappa shape index (κ2) is 7.95. The van der Waals surface area contributed by atoms with E-state index in [-0.39, 0.29) is 11.4 Å². The summed E-state index contributed by atoms with van der Waals surface area (Å²) in [6, 6.07) is 8.42. The number of ether oxygens (including phenoxy) is 2. The van der Waals surface area contributed by atoms with Gasteiger partial charge < -0.3 is 14.8 Å². The maximum absolute atomic E-state index is 12.3. The van der Waals surface area contributed by atoms with Gasteiger partial charge in [-0.3, -0.25) is 10.1 Å². The number of nitrogens with zero attached hydrogens (tertiary/aromatic N) is 2. The fourth-order valence-electron chi connectivity index (χ4n) is 1.91. The smallest absolute Gasteiger partial charge is 0.363 e. The van der Waals surface area contributed by atoms with Gasteiger partial charge in [-0.1, -0.05) is 18.2 Å². The summed E-state index contributed by atoms with van der Waals surface area (Å²) in [6.45, 7) is 1.34. The normalized spacial score (nSPS) is 11.3. The predicted octanol–water partition coefficient (Wildman–Crippen LogP) is 0.882. The molecule has 0 bridgehead atoms. The van der Waals surface area contributed by atoms with Gasteiger partial charge in [-0.05, 0) is 19.1 Å². The number of para-hydroxylation sites is 1. The van der Waals surface area contributed by atoms with Gasteiger partial charge >= 0.3 is 12.0 Å². The summed E-state index contributed by atoms with van der Waals surface area (Å²) >= 11 is 0. The lowest BCUT2D eigenvalue weighted by molar-refractivity contribution is -0.127. The minimum Gasteiger partial charge on any atom is -0.493 e. The maximum Gasteiger partial charge on any atom is 0.363 e. The zero-order chi connectivity index (χ0) is 18.4. The topological polar surface area (TPSA) is 112 Å². The first-order valence-electron chi connectivity index (χ1n) is 7.39. The first-order chi connectivity index (χ1) is 12.0. The molecule has 0 saturated heterocycles.